The Morgan fingerprint density at radius 3 is 1.63 bits per heavy atom. The molecule has 18 nitrogen and oxygen atoms in total. The molecule has 0 aliphatic rings. The third kappa shape index (κ3) is 11.5. The number of anilines is 4. The van der Waals surface area contributed by atoms with Crippen molar-refractivity contribution in [1.29, 1.82) is 0 Å². The summed E-state index contributed by atoms with van der Waals surface area (Å²) >= 11 is 0. The minimum atomic E-state index is -1.42. The Morgan fingerprint density at radius 2 is 1.11 bits per heavy atom. The molecule has 5 rings (SSSR count). The fourth-order valence-corrected chi connectivity index (χ4v) is 6.05. The van der Waals surface area contributed by atoms with E-state index in [-0.39, 0.29) is 57.8 Å². The largest absolute Gasteiger partial charge is 0.508 e. The molecule has 0 fully saturated rings. The molecule has 5 aromatic rings. The third-order valence-electron chi connectivity index (χ3n) is 9.27. The zero-order valence-electron chi connectivity index (χ0n) is 34.6. The summed E-state index contributed by atoms with van der Waals surface area (Å²) in [6, 6.07) is 22.1. The monoisotopic (exact) mass is 860 g/mol. The van der Waals surface area contributed by atoms with Gasteiger partial charge in [0.15, 0.2) is 23.0 Å². The molecule has 9 N–H and O–H groups in total. The van der Waals surface area contributed by atoms with Crippen LogP contribution in [0.2, 0.25) is 0 Å². The molecule has 0 saturated heterocycles. The highest BCUT2D eigenvalue weighted by Gasteiger charge is 2.25. The molecule has 0 unspecified atom stereocenters. The van der Waals surface area contributed by atoms with Gasteiger partial charge in [-0.25, -0.2) is 4.79 Å². The summed E-state index contributed by atoms with van der Waals surface area (Å²) in [6.45, 7) is 1.79. The van der Waals surface area contributed by atoms with Gasteiger partial charge in [-0.05, 0) is 118 Å². The van der Waals surface area contributed by atoms with Gasteiger partial charge in [-0.15, -0.1) is 0 Å². The normalized spacial score (nSPS) is 11.5. The number of rotatable bonds is 16. The number of aromatic carboxylic acids is 1. The van der Waals surface area contributed by atoms with Gasteiger partial charge in [-0.3, -0.25) is 24.0 Å². The molecule has 18 heteroatoms. The third-order valence-corrected chi connectivity index (χ3v) is 9.27. The summed E-state index contributed by atoms with van der Waals surface area (Å²) in [5.74, 6) is -6.16. The zero-order chi connectivity index (χ0) is 46.0. The maximum atomic E-state index is 13.4. The Balaban J connectivity index is 1.20. The predicted molar refractivity (Wildman–Crippen MR) is 234 cm³/mol. The highest BCUT2D eigenvalue weighted by Crippen LogP contribution is 2.40. The maximum Gasteiger partial charge on any atom is 0.339 e. The van der Waals surface area contributed by atoms with Crippen molar-refractivity contribution in [3.05, 3.63) is 130 Å². The van der Waals surface area contributed by atoms with Crippen molar-refractivity contribution in [2.75, 3.05) is 56.1 Å². The quantitative estimate of drug-likeness (QED) is 0.0567. The molecule has 0 saturated carbocycles. The van der Waals surface area contributed by atoms with Crippen LogP contribution in [0.1, 0.15) is 53.9 Å². The first-order valence-electron chi connectivity index (χ1n) is 18.9. The van der Waals surface area contributed by atoms with Crippen LogP contribution in [-0.2, 0) is 9.59 Å². The van der Waals surface area contributed by atoms with Crippen LogP contribution in [-0.4, -0.2) is 102 Å². The molecule has 5 amide bonds. The number of carbonyl (C=O) groups is 6. The van der Waals surface area contributed by atoms with Crippen molar-refractivity contribution in [1.82, 2.24) is 10.2 Å². The summed E-state index contributed by atoms with van der Waals surface area (Å²) < 4.78 is 10.4. The minimum Gasteiger partial charge on any atom is -0.508 e. The lowest BCUT2D eigenvalue weighted by molar-refractivity contribution is -0.118. The number of nitrogens with one attached hydrogen (secondary N) is 5. The van der Waals surface area contributed by atoms with Gasteiger partial charge in [-0.2, -0.15) is 0 Å². The molecular formula is C45H44N6O12. The average molecular weight is 861 g/mol. The van der Waals surface area contributed by atoms with Crippen LogP contribution in [0.5, 0.6) is 28.7 Å². The number of phenols is 3. The second kappa shape index (κ2) is 20.3. The number of amides is 5. The average Bonchev–Trinajstić information content (AvgIpc) is 3.24. The number of nitrogens with zero attached hydrogens (tertiary/aromatic N) is 1. The Bertz CT molecular complexity index is 2570. The second-order valence-corrected chi connectivity index (χ2v) is 14.1. The van der Waals surface area contributed by atoms with Crippen molar-refractivity contribution in [3.63, 3.8) is 0 Å². The van der Waals surface area contributed by atoms with Crippen LogP contribution in [0, 0.1) is 0 Å². The van der Waals surface area contributed by atoms with Crippen molar-refractivity contribution in [2.45, 2.75) is 13.0 Å². The zero-order valence-corrected chi connectivity index (χ0v) is 34.6. The fraction of sp³-hybridized carbons (Fsp3) is 0.156. The standard InChI is InChI=1S/C45H44N6O12/c1-24(22-25-6-16-30(52)17-7-25)40(55)46-28-12-8-27(9-13-28)42(57)50-35(23-51(2)3)44(59)47-29-14-10-26(11-15-29)41(56)48-33-20-18-31(36(53)38(33)62-4)43(58)49-34-21-19-32(45(60)61)37(54)39(34)63-5/h6-22,35,52-54H,23H2,1-5H3,(H,46,55)(H,47,59)(H,48,56)(H,49,58)(H,50,57)(H,60,61)/b24-22+/t35-/m0/s1. The van der Waals surface area contributed by atoms with Gasteiger partial charge in [-0.1, -0.05) is 12.1 Å². The van der Waals surface area contributed by atoms with Gasteiger partial charge in [0.05, 0.1) is 31.2 Å². The molecule has 326 valence electrons. The van der Waals surface area contributed by atoms with Crippen molar-refractivity contribution in [3.8, 4) is 28.7 Å². The summed E-state index contributed by atoms with van der Waals surface area (Å²) in [7, 11) is 5.85. The Morgan fingerprint density at radius 1 is 0.619 bits per heavy atom. The van der Waals surface area contributed by atoms with E-state index in [4.69, 9.17) is 9.47 Å². The SMILES string of the molecule is COc1c(NC(=O)c2ccc(NC(=O)c3ccc(NC(=O)[C@H](CN(C)C)NC(=O)c4ccc(NC(=O)/C(C)=C/c5ccc(O)cc5)cc4)cc3)c(OC)c2O)ccc(C(=O)O)c1O. The number of hydrogen-bond donors (Lipinski definition) is 9. The molecule has 1 atom stereocenters. The molecule has 0 aromatic heterocycles. The number of aromatic hydroxyl groups is 3. The summed E-state index contributed by atoms with van der Waals surface area (Å²) in [4.78, 5) is 78.9. The topological polar surface area (TPSA) is 265 Å². The second-order valence-electron chi connectivity index (χ2n) is 14.1. The van der Waals surface area contributed by atoms with E-state index in [1.165, 1.54) is 80.9 Å². The number of carboxylic acid groups (broad SMARTS) is 1. The van der Waals surface area contributed by atoms with Gasteiger partial charge < -0.3 is 61.4 Å². The molecule has 5 aromatic carbocycles. The van der Waals surface area contributed by atoms with Gasteiger partial charge in [0.2, 0.25) is 5.91 Å². The lowest BCUT2D eigenvalue weighted by atomic mass is 10.1. The molecular weight excluding hydrogens is 817 g/mol. The first-order valence-corrected chi connectivity index (χ1v) is 18.9. The molecule has 0 bridgehead atoms. The number of likely N-dealkylation sites (N-methyl/N-ethyl adjacent to an activating group) is 1. The summed E-state index contributed by atoms with van der Waals surface area (Å²) in [6.07, 6.45) is 1.67. The fourth-order valence-electron chi connectivity index (χ4n) is 6.05. The van der Waals surface area contributed by atoms with Gasteiger partial charge in [0.25, 0.3) is 23.6 Å². The van der Waals surface area contributed by atoms with E-state index in [0.29, 0.717) is 16.9 Å². The van der Waals surface area contributed by atoms with Gasteiger partial charge >= 0.3 is 5.97 Å². The Kier molecular flexibility index (Phi) is 14.7. The Labute approximate surface area is 360 Å². The smallest absolute Gasteiger partial charge is 0.339 e. The van der Waals surface area contributed by atoms with Crippen LogP contribution < -0.4 is 36.1 Å². The van der Waals surface area contributed by atoms with E-state index in [0.717, 1.165) is 11.6 Å². The van der Waals surface area contributed by atoms with Crippen LogP contribution in [0.3, 0.4) is 0 Å². The van der Waals surface area contributed by atoms with Crippen molar-refractivity contribution >= 4 is 64.3 Å². The van der Waals surface area contributed by atoms with Crippen LogP contribution in [0.15, 0.2) is 103 Å². The number of methoxy groups -OCH3 is 2. The molecule has 0 aliphatic carbocycles. The van der Waals surface area contributed by atoms with Crippen molar-refractivity contribution in [2.24, 2.45) is 0 Å². The van der Waals surface area contributed by atoms with E-state index in [1.807, 2.05) is 0 Å². The minimum absolute atomic E-state index is 0.00542. The predicted octanol–water partition coefficient (Wildman–Crippen LogP) is 5.36. The van der Waals surface area contributed by atoms with Crippen LogP contribution >= 0.6 is 0 Å². The van der Waals surface area contributed by atoms with E-state index in [1.54, 1.807) is 56.3 Å². The highest BCUT2D eigenvalue weighted by atomic mass is 16.5. The Hall–Kier alpha value is -8.38. The van der Waals surface area contributed by atoms with E-state index in [2.05, 4.69) is 26.6 Å². The molecule has 0 radical (unpaired) electrons. The van der Waals surface area contributed by atoms with E-state index in [9.17, 15) is 49.2 Å². The van der Waals surface area contributed by atoms with Crippen LogP contribution in [0.4, 0.5) is 22.7 Å². The molecule has 0 aliphatic heterocycles. The lowest BCUT2D eigenvalue weighted by Gasteiger charge is -2.22. The number of hydrogen-bond acceptors (Lipinski definition) is 12. The van der Waals surface area contributed by atoms with Crippen molar-refractivity contribution < 1.29 is 58.7 Å². The maximum absolute atomic E-state index is 13.4. The summed E-state index contributed by atoms with van der Waals surface area (Å²) in [5, 5.41) is 53.3. The number of carbonyl (C=O) groups excluding carboxylic acids is 5. The highest BCUT2D eigenvalue weighted by molar-refractivity contribution is 6.11. The molecule has 0 spiro atoms. The first-order chi connectivity index (χ1) is 30.0. The van der Waals surface area contributed by atoms with Gasteiger partial charge in [0.1, 0.15) is 17.4 Å². The summed E-state index contributed by atoms with van der Waals surface area (Å²) in [5.41, 5.74) is 1.48. The number of benzene rings is 5. The lowest BCUT2D eigenvalue weighted by Crippen LogP contribution is -2.49. The molecule has 0 heterocycles. The van der Waals surface area contributed by atoms with Gasteiger partial charge in [0, 0.05) is 34.6 Å². The van der Waals surface area contributed by atoms with E-state index < -0.39 is 52.7 Å². The number of ether oxygens (including phenoxy) is 2. The number of phenolic OH excluding ortho intramolecular Hbond substituents is 2. The molecule has 63 heavy (non-hydrogen) atoms. The van der Waals surface area contributed by atoms with Crippen LogP contribution in [0.25, 0.3) is 6.08 Å². The first kappa shape index (κ1) is 45.7. The van der Waals surface area contributed by atoms with E-state index >= 15 is 0 Å². The number of carboxylic acids is 1.